The highest BCUT2D eigenvalue weighted by atomic mass is 16.4. The molecule has 0 aliphatic carbocycles. The van der Waals surface area contributed by atoms with Crippen molar-refractivity contribution >= 4 is 6.09 Å². The lowest BCUT2D eigenvalue weighted by molar-refractivity contribution is 0.0297. The summed E-state index contributed by atoms with van der Waals surface area (Å²) in [6.45, 7) is 4.89. The Morgan fingerprint density at radius 3 is 2.61 bits per heavy atom. The Kier molecular flexibility index (Phi) is 4.79. The minimum Gasteiger partial charge on any atom is -0.465 e. The summed E-state index contributed by atoms with van der Waals surface area (Å²) in [6.07, 6.45) is 1.48. The normalized spacial score (nSPS) is 27.4. The Bertz CT molecular complexity index is 282. The van der Waals surface area contributed by atoms with Crippen LogP contribution in [-0.4, -0.2) is 78.0 Å². The fraction of sp³-hybridized carbons (Fsp3) is 0.917. The van der Waals surface area contributed by atoms with Crippen molar-refractivity contribution in [3.8, 4) is 0 Å². The van der Waals surface area contributed by atoms with Crippen molar-refractivity contribution in [2.75, 3.05) is 45.9 Å². The first kappa shape index (κ1) is 13.6. The largest absolute Gasteiger partial charge is 0.465 e. The third-order valence-electron chi connectivity index (χ3n) is 4.04. The van der Waals surface area contributed by atoms with Crippen LogP contribution in [0.4, 0.5) is 4.79 Å². The van der Waals surface area contributed by atoms with Gasteiger partial charge in [-0.05, 0) is 31.8 Å². The van der Waals surface area contributed by atoms with Crippen LogP contribution in [0.15, 0.2) is 0 Å². The summed E-state index contributed by atoms with van der Waals surface area (Å²) in [7, 11) is 0. The van der Waals surface area contributed by atoms with E-state index in [2.05, 4.69) is 10.2 Å². The minimum atomic E-state index is -0.880. The molecule has 0 aromatic rings. The van der Waals surface area contributed by atoms with Gasteiger partial charge in [0, 0.05) is 26.2 Å². The Balaban J connectivity index is 1.86. The molecule has 0 radical (unpaired) electrons. The van der Waals surface area contributed by atoms with Crippen LogP contribution in [0.5, 0.6) is 0 Å². The Morgan fingerprint density at radius 1 is 1.28 bits per heavy atom. The number of aliphatic hydroxyl groups is 1. The second-order valence-electron chi connectivity index (χ2n) is 5.25. The summed E-state index contributed by atoms with van der Waals surface area (Å²) in [5, 5.41) is 21.7. The SMILES string of the molecule is O=C(O)N1CCN(CC2CCNCC2)[C@H](CO)C1. The van der Waals surface area contributed by atoms with Gasteiger partial charge in [-0.25, -0.2) is 4.79 Å². The average Bonchev–Trinajstić information content (AvgIpc) is 2.40. The molecular weight excluding hydrogens is 234 g/mol. The number of piperazine rings is 1. The summed E-state index contributed by atoms with van der Waals surface area (Å²) < 4.78 is 0. The number of rotatable bonds is 3. The van der Waals surface area contributed by atoms with E-state index in [0.717, 1.165) is 26.2 Å². The van der Waals surface area contributed by atoms with E-state index in [4.69, 9.17) is 5.11 Å². The van der Waals surface area contributed by atoms with Crippen molar-refractivity contribution in [3.05, 3.63) is 0 Å². The zero-order valence-electron chi connectivity index (χ0n) is 10.7. The molecule has 0 aromatic carbocycles. The van der Waals surface area contributed by atoms with E-state index < -0.39 is 6.09 Å². The van der Waals surface area contributed by atoms with Gasteiger partial charge in [0.1, 0.15) is 0 Å². The van der Waals surface area contributed by atoms with Crippen LogP contribution in [0.1, 0.15) is 12.8 Å². The van der Waals surface area contributed by atoms with E-state index in [1.54, 1.807) is 0 Å². The Labute approximate surface area is 108 Å². The van der Waals surface area contributed by atoms with Crippen molar-refractivity contribution < 1.29 is 15.0 Å². The predicted molar refractivity (Wildman–Crippen MR) is 67.6 cm³/mol. The van der Waals surface area contributed by atoms with Crippen LogP contribution in [0.3, 0.4) is 0 Å². The van der Waals surface area contributed by atoms with Crippen LogP contribution in [0.25, 0.3) is 0 Å². The molecule has 2 rings (SSSR count). The number of hydrogen-bond acceptors (Lipinski definition) is 4. The van der Waals surface area contributed by atoms with Crippen LogP contribution in [0.2, 0.25) is 0 Å². The highest BCUT2D eigenvalue weighted by Crippen LogP contribution is 2.17. The number of piperidine rings is 1. The highest BCUT2D eigenvalue weighted by Gasteiger charge is 2.30. The van der Waals surface area contributed by atoms with E-state index in [-0.39, 0.29) is 12.6 Å². The molecule has 18 heavy (non-hydrogen) atoms. The molecule has 3 N–H and O–H groups in total. The van der Waals surface area contributed by atoms with E-state index in [9.17, 15) is 9.90 Å². The molecular formula is C12H23N3O3. The number of carbonyl (C=O) groups is 1. The van der Waals surface area contributed by atoms with Crippen LogP contribution >= 0.6 is 0 Å². The maximum atomic E-state index is 10.9. The van der Waals surface area contributed by atoms with Crippen LogP contribution in [-0.2, 0) is 0 Å². The van der Waals surface area contributed by atoms with Gasteiger partial charge < -0.3 is 20.4 Å². The molecule has 2 aliphatic rings. The predicted octanol–water partition coefficient (Wildman–Crippen LogP) is -0.357. The topological polar surface area (TPSA) is 76.0 Å². The average molecular weight is 257 g/mol. The van der Waals surface area contributed by atoms with E-state index >= 15 is 0 Å². The first-order valence-corrected chi connectivity index (χ1v) is 6.74. The van der Waals surface area contributed by atoms with Crippen molar-refractivity contribution in [2.24, 2.45) is 5.92 Å². The quantitative estimate of drug-likeness (QED) is 0.644. The molecule has 2 aliphatic heterocycles. The smallest absolute Gasteiger partial charge is 0.407 e. The number of aliphatic hydroxyl groups excluding tert-OH is 1. The van der Waals surface area contributed by atoms with Crippen molar-refractivity contribution in [3.63, 3.8) is 0 Å². The number of hydrogen-bond donors (Lipinski definition) is 3. The third kappa shape index (κ3) is 3.34. The van der Waals surface area contributed by atoms with Gasteiger partial charge in [0.25, 0.3) is 0 Å². The van der Waals surface area contributed by atoms with Gasteiger partial charge in [-0.1, -0.05) is 0 Å². The monoisotopic (exact) mass is 257 g/mol. The van der Waals surface area contributed by atoms with Crippen molar-refractivity contribution in [1.82, 2.24) is 15.1 Å². The van der Waals surface area contributed by atoms with E-state index in [1.807, 2.05) is 0 Å². The molecule has 0 unspecified atom stereocenters. The van der Waals surface area contributed by atoms with Gasteiger partial charge in [0.2, 0.25) is 0 Å². The summed E-state index contributed by atoms with van der Waals surface area (Å²) in [5.74, 6) is 0.677. The number of carboxylic acid groups (broad SMARTS) is 1. The van der Waals surface area contributed by atoms with Crippen LogP contribution in [0, 0.1) is 5.92 Å². The van der Waals surface area contributed by atoms with Gasteiger partial charge in [-0.15, -0.1) is 0 Å². The molecule has 0 aromatic heterocycles. The van der Waals surface area contributed by atoms with Crippen molar-refractivity contribution in [2.45, 2.75) is 18.9 Å². The maximum Gasteiger partial charge on any atom is 0.407 e. The lowest BCUT2D eigenvalue weighted by atomic mass is 9.96. The number of amides is 1. The minimum absolute atomic E-state index is 0.0365. The molecule has 104 valence electrons. The first-order chi connectivity index (χ1) is 8.70. The van der Waals surface area contributed by atoms with Gasteiger partial charge in [-0.2, -0.15) is 0 Å². The second kappa shape index (κ2) is 6.36. The third-order valence-corrected chi connectivity index (χ3v) is 4.04. The zero-order valence-corrected chi connectivity index (χ0v) is 10.7. The van der Waals surface area contributed by atoms with Gasteiger partial charge in [0.05, 0.1) is 12.6 Å². The molecule has 0 bridgehead atoms. The number of nitrogens with zero attached hydrogens (tertiary/aromatic N) is 2. The molecule has 6 nitrogen and oxygen atoms in total. The molecule has 2 fully saturated rings. The highest BCUT2D eigenvalue weighted by molar-refractivity contribution is 5.65. The molecule has 1 amide bonds. The fourth-order valence-corrected chi connectivity index (χ4v) is 2.88. The molecule has 1 atom stereocenters. The summed E-state index contributed by atoms with van der Waals surface area (Å²) in [6, 6.07) is -0.0373. The fourth-order valence-electron chi connectivity index (χ4n) is 2.88. The molecule has 6 heteroatoms. The standard InChI is InChI=1S/C12H23N3O3/c16-9-11-8-15(12(17)18)6-5-14(11)7-10-1-3-13-4-2-10/h10-11,13,16H,1-9H2,(H,17,18)/t11-/m0/s1. The molecule has 2 saturated heterocycles. The lowest BCUT2D eigenvalue weighted by Gasteiger charge is -2.41. The van der Waals surface area contributed by atoms with E-state index in [0.29, 0.717) is 19.0 Å². The lowest BCUT2D eigenvalue weighted by Crippen LogP contribution is -2.57. The Hall–Kier alpha value is -0.850. The Morgan fingerprint density at radius 2 is 2.00 bits per heavy atom. The van der Waals surface area contributed by atoms with E-state index in [1.165, 1.54) is 17.7 Å². The molecule has 2 heterocycles. The molecule has 0 spiro atoms. The van der Waals surface area contributed by atoms with Gasteiger partial charge in [-0.3, -0.25) is 4.90 Å². The van der Waals surface area contributed by atoms with Crippen LogP contribution < -0.4 is 5.32 Å². The maximum absolute atomic E-state index is 10.9. The van der Waals surface area contributed by atoms with Crippen molar-refractivity contribution in [1.29, 1.82) is 0 Å². The summed E-state index contributed by atoms with van der Waals surface area (Å²) in [4.78, 5) is 14.6. The zero-order chi connectivity index (χ0) is 13.0. The number of nitrogens with one attached hydrogen (secondary N) is 1. The first-order valence-electron chi connectivity index (χ1n) is 6.74. The summed E-state index contributed by atoms with van der Waals surface area (Å²) in [5.41, 5.74) is 0. The summed E-state index contributed by atoms with van der Waals surface area (Å²) >= 11 is 0. The second-order valence-corrected chi connectivity index (χ2v) is 5.25. The van der Waals surface area contributed by atoms with Gasteiger partial charge in [0.15, 0.2) is 0 Å². The van der Waals surface area contributed by atoms with Gasteiger partial charge >= 0.3 is 6.09 Å². The molecule has 0 saturated carbocycles.